The summed E-state index contributed by atoms with van der Waals surface area (Å²) >= 11 is 0. The van der Waals surface area contributed by atoms with Crippen molar-refractivity contribution in [3.8, 4) is 0 Å². The zero-order valence-corrected chi connectivity index (χ0v) is 14.3. The Labute approximate surface area is 145 Å². The molecule has 4 nitrogen and oxygen atoms in total. The Morgan fingerprint density at radius 3 is 2.72 bits per heavy atom. The fourth-order valence-corrected chi connectivity index (χ4v) is 3.23. The average molecular weight is 355 g/mol. The van der Waals surface area contributed by atoms with Crippen LogP contribution in [0.15, 0.2) is 29.3 Å². The number of aliphatic imine (C=N–C) groups is 1. The van der Waals surface area contributed by atoms with E-state index in [1.54, 1.807) is 13.1 Å². The van der Waals surface area contributed by atoms with Crippen LogP contribution in [0, 0.1) is 0 Å². The molecule has 2 aliphatic rings. The number of alkyl halides is 3. The van der Waals surface area contributed by atoms with Gasteiger partial charge in [0.25, 0.3) is 0 Å². The van der Waals surface area contributed by atoms with Gasteiger partial charge < -0.3 is 15.4 Å². The van der Waals surface area contributed by atoms with E-state index in [1.165, 1.54) is 12.1 Å². The number of hydrogen-bond donors (Lipinski definition) is 2. The predicted molar refractivity (Wildman–Crippen MR) is 90.7 cm³/mol. The first-order chi connectivity index (χ1) is 11.9. The molecule has 2 fully saturated rings. The molecule has 1 aliphatic carbocycles. The highest BCUT2D eigenvalue weighted by atomic mass is 19.4. The smallest absolute Gasteiger partial charge is 0.376 e. The number of guanidine groups is 1. The number of halogens is 3. The molecule has 1 aromatic carbocycles. The number of rotatable bonds is 5. The molecule has 138 valence electrons. The van der Waals surface area contributed by atoms with E-state index >= 15 is 0 Å². The topological polar surface area (TPSA) is 45.7 Å². The van der Waals surface area contributed by atoms with Crippen molar-refractivity contribution < 1.29 is 17.9 Å². The minimum absolute atomic E-state index is 0.205. The third-order valence-corrected chi connectivity index (χ3v) is 4.99. The van der Waals surface area contributed by atoms with Gasteiger partial charge in [-0.15, -0.1) is 0 Å². The first-order valence-corrected chi connectivity index (χ1v) is 8.67. The van der Waals surface area contributed by atoms with Crippen LogP contribution in [0.3, 0.4) is 0 Å². The third-order valence-electron chi connectivity index (χ3n) is 4.99. The Kier molecular flexibility index (Phi) is 5.22. The minimum Gasteiger partial charge on any atom is -0.376 e. The van der Waals surface area contributed by atoms with Gasteiger partial charge in [0.05, 0.1) is 11.7 Å². The molecular formula is C18H24F3N3O. The lowest BCUT2D eigenvalue weighted by atomic mass is 9.94. The summed E-state index contributed by atoms with van der Waals surface area (Å²) < 4.78 is 44.4. The first kappa shape index (κ1) is 18.0. The second-order valence-corrected chi connectivity index (χ2v) is 6.80. The van der Waals surface area contributed by atoms with E-state index in [0.717, 1.165) is 43.9 Å². The highest BCUT2D eigenvalue weighted by Crippen LogP contribution is 2.48. The van der Waals surface area contributed by atoms with Gasteiger partial charge in [-0.05, 0) is 37.3 Å². The van der Waals surface area contributed by atoms with Crippen molar-refractivity contribution in [2.45, 2.75) is 43.4 Å². The summed E-state index contributed by atoms with van der Waals surface area (Å²) in [5.41, 5.74) is -0.0792. The van der Waals surface area contributed by atoms with Gasteiger partial charge >= 0.3 is 6.18 Å². The molecule has 1 aliphatic heterocycles. The second-order valence-electron chi connectivity index (χ2n) is 6.80. The van der Waals surface area contributed by atoms with Gasteiger partial charge in [0.2, 0.25) is 0 Å². The van der Waals surface area contributed by atoms with Crippen molar-refractivity contribution in [3.63, 3.8) is 0 Å². The van der Waals surface area contributed by atoms with Crippen LogP contribution < -0.4 is 10.6 Å². The van der Waals surface area contributed by atoms with E-state index in [1.807, 2.05) is 0 Å². The van der Waals surface area contributed by atoms with Crippen LogP contribution in [-0.4, -0.2) is 38.8 Å². The Balaban J connectivity index is 1.58. The molecule has 1 unspecified atom stereocenters. The van der Waals surface area contributed by atoms with Crippen molar-refractivity contribution in [2.24, 2.45) is 4.99 Å². The highest BCUT2D eigenvalue weighted by Gasteiger charge is 2.45. The summed E-state index contributed by atoms with van der Waals surface area (Å²) in [6.07, 6.45) is -0.223. The largest absolute Gasteiger partial charge is 0.416 e. The molecule has 1 aromatic rings. The van der Waals surface area contributed by atoms with Crippen molar-refractivity contribution in [1.29, 1.82) is 0 Å². The molecule has 7 heteroatoms. The maximum Gasteiger partial charge on any atom is 0.416 e. The number of ether oxygens (including phenoxy) is 1. The summed E-state index contributed by atoms with van der Waals surface area (Å²) in [5, 5.41) is 6.49. The van der Waals surface area contributed by atoms with Crippen molar-refractivity contribution in [2.75, 3.05) is 26.7 Å². The Morgan fingerprint density at radius 1 is 1.32 bits per heavy atom. The number of nitrogens with zero attached hydrogens (tertiary/aromatic N) is 1. The summed E-state index contributed by atoms with van der Waals surface area (Å²) in [6, 6.07) is 5.67. The fraction of sp³-hybridized carbons (Fsp3) is 0.611. The van der Waals surface area contributed by atoms with E-state index in [2.05, 4.69) is 15.6 Å². The van der Waals surface area contributed by atoms with Crippen LogP contribution in [0.5, 0.6) is 0 Å². The molecule has 0 spiro atoms. The van der Waals surface area contributed by atoms with Crippen molar-refractivity contribution in [1.82, 2.24) is 10.6 Å². The van der Waals surface area contributed by atoms with Crippen LogP contribution in [-0.2, 0) is 16.3 Å². The van der Waals surface area contributed by atoms with E-state index in [-0.39, 0.29) is 11.5 Å². The van der Waals surface area contributed by atoms with Gasteiger partial charge in [0.15, 0.2) is 5.96 Å². The predicted octanol–water partition coefficient (Wildman–Crippen LogP) is 3.08. The molecule has 0 radical (unpaired) electrons. The van der Waals surface area contributed by atoms with Gasteiger partial charge in [-0.25, -0.2) is 0 Å². The molecule has 1 saturated heterocycles. The molecule has 0 aromatic heterocycles. The summed E-state index contributed by atoms with van der Waals surface area (Å²) in [5.74, 6) is 0.661. The molecule has 1 atom stereocenters. The fourth-order valence-electron chi connectivity index (χ4n) is 3.23. The van der Waals surface area contributed by atoms with Gasteiger partial charge in [-0.2, -0.15) is 13.2 Å². The summed E-state index contributed by atoms with van der Waals surface area (Å²) in [6.45, 7) is 2.06. The Bertz CT molecular complexity index is 620. The van der Waals surface area contributed by atoms with Crippen LogP contribution in [0.4, 0.5) is 13.2 Å². The third kappa shape index (κ3) is 4.45. The van der Waals surface area contributed by atoms with Crippen molar-refractivity contribution >= 4 is 5.96 Å². The highest BCUT2D eigenvalue weighted by molar-refractivity contribution is 5.79. The maximum atomic E-state index is 12.9. The standard InChI is InChI=1S/C18H24F3N3O/c1-22-16(23-11-15-6-3-9-25-15)24-12-17(7-8-17)13-4-2-5-14(10-13)18(19,20)21/h2,4-5,10,15H,3,6-9,11-12H2,1H3,(H2,22,23,24). The normalized spacial score (nSPS) is 22.7. The molecule has 1 saturated carbocycles. The zero-order chi connectivity index (χ0) is 17.9. The zero-order valence-electron chi connectivity index (χ0n) is 14.3. The van der Waals surface area contributed by atoms with Crippen LogP contribution in [0.2, 0.25) is 0 Å². The van der Waals surface area contributed by atoms with Crippen LogP contribution in [0.1, 0.15) is 36.8 Å². The Hall–Kier alpha value is -1.76. The number of benzene rings is 1. The minimum atomic E-state index is -4.31. The quantitative estimate of drug-likeness (QED) is 0.630. The lowest BCUT2D eigenvalue weighted by Gasteiger charge is -2.21. The van der Waals surface area contributed by atoms with Gasteiger partial charge in [-0.3, -0.25) is 4.99 Å². The molecule has 0 bridgehead atoms. The van der Waals surface area contributed by atoms with Gasteiger partial charge in [0.1, 0.15) is 0 Å². The Morgan fingerprint density at radius 2 is 2.12 bits per heavy atom. The van der Waals surface area contributed by atoms with Crippen molar-refractivity contribution in [3.05, 3.63) is 35.4 Å². The summed E-state index contributed by atoms with van der Waals surface area (Å²) in [4.78, 5) is 4.19. The molecule has 2 N–H and O–H groups in total. The van der Waals surface area contributed by atoms with E-state index in [0.29, 0.717) is 19.0 Å². The molecule has 25 heavy (non-hydrogen) atoms. The van der Waals surface area contributed by atoms with Crippen LogP contribution >= 0.6 is 0 Å². The molecule has 1 heterocycles. The monoisotopic (exact) mass is 355 g/mol. The van der Waals surface area contributed by atoms with E-state index in [4.69, 9.17) is 4.74 Å². The first-order valence-electron chi connectivity index (χ1n) is 8.67. The molecular weight excluding hydrogens is 331 g/mol. The molecule has 3 rings (SSSR count). The molecule has 0 amide bonds. The van der Waals surface area contributed by atoms with Gasteiger partial charge in [0, 0.05) is 32.2 Å². The number of hydrogen-bond acceptors (Lipinski definition) is 2. The van der Waals surface area contributed by atoms with E-state index < -0.39 is 11.7 Å². The lowest BCUT2D eigenvalue weighted by Crippen LogP contribution is -2.43. The number of nitrogens with one attached hydrogen (secondary N) is 2. The maximum absolute atomic E-state index is 12.9. The average Bonchev–Trinajstić information content (AvgIpc) is 3.21. The second kappa shape index (κ2) is 7.23. The van der Waals surface area contributed by atoms with E-state index in [9.17, 15) is 13.2 Å². The SMILES string of the molecule is CN=C(NCC1CCCO1)NCC1(c2cccc(C(F)(F)F)c2)CC1. The summed E-state index contributed by atoms with van der Waals surface area (Å²) in [7, 11) is 1.69. The lowest BCUT2D eigenvalue weighted by molar-refractivity contribution is -0.137. The van der Waals surface area contributed by atoms with Crippen LogP contribution in [0.25, 0.3) is 0 Å². The van der Waals surface area contributed by atoms with Gasteiger partial charge in [-0.1, -0.05) is 18.2 Å².